The summed E-state index contributed by atoms with van der Waals surface area (Å²) in [5, 5.41) is 0.844. The third-order valence-corrected chi connectivity index (χ3v) is 3.58. The highest BCUT2D eigenvalue weighted by atomic mass is 35.5. The van der Waals surface area contributed by atoms with Crippen LogP contribution in [0.1, 0.15) is 26.3 Å². The second kappa shape index (κ2) is 5.23. The maximum atomic E-state index is 6.13. The first-order chi connectivity index (χ1) is 6.95. The van der Waals surface area contributed by atoms with Gasteiger partial charge in [0, 0.05) is 10.9 Å². The molecule has 0 aliphatic rings. The van der Waals surface area contributed by atoms with Gasteiger partial charge in [-0.1, -0.05) is 50.6 Å². The molecule has 0 N–H and O–H groups in total. The van der Waals surface area contributed by atoms with Gasteiger partial charge in [0.05, 0.1) is 0 Å². The van der Waals surface area contributed by atoms with Crippen LogP contribution in [0.15, 0.2) is 24.3 Å². The van der Waals surface area contributed by atoms with E-state index in [0.717, 1.165) is 11.4 Å². The van der Waals surface area contributed by atoms with Crippen molar-refractivity contribution in [2.45, 2.75) is 27.2 Å². The number of halogens is 2. The largest absolute Gasteiger partial charge is 0.126 e. The van der Waals surface area contributed by atoms with E-state index in [4.69, 9.17) is 23.2 Å². The highest BCUT2D eigenvalue weighted by Crippen LogP contribution is 2.31. The Morgan fingerprint density at radius 1 is 1.20 bits per heavy atom. The van der Waals surface area contributed by atoms with E-state index in [1.807, 2.05) is 18.2 Å². The topological polar surface area (TPSA) is 0 Å². The summed E-state index contributed by atoms with van der Waals surface area (Å²) in [5.74, 6) is 1.13. The van der Waals surface area contributed by atoms with E-state index < -0.39 is 0 Å². The quantitative estimate of drug-likeness (QED) is 0.672. The van der Waals surface area contributed by atoms with Crippen LogP contribution in [0.2, 0.25) is 5.02 Å². The van der Waals surface area contributed by atoms with Crippen LogP contribution >= 0.6 is 23.2 Å². The molecule has 0 heterocycles. The Balaban J connectivity index is 2.80. The molecule has 0 saturated carbocycles. The van der Waals surface area contributed by atoms with Crippen molar-refractivity contribution in [1.29, 1.82) is 0 Å². The van der Waals surface area contributed by atoms with Crippen LogP contribution < -0.4 is 0 Å². The first-order valence-electron chi connectivity index (χ1n) is 5.24. The molecule has 15 heavy (non-hydrogen) atoms. The zero-order valence-electron chi connectivity index (χ0n) is 9.56. The third kappa shape index (κ3) is 3.70. The predicted molar refractivity (Wildman–Crippen MR) is 68.8 cm³/mol. The lowest BCUT2D eigenvalue weighted by Gasteiger charge is -2.29. The van der Waals surface area contributed by atoms with Crippen LogP contribution in [0.4, 0.5) is 0 Å². The fraction of sp³-hybridized carbons (Fsp3) is 0.538. The van der Waals surface area contributed by atoms with Crippen LogP contribution in [0.5, 0.6) is 0 Å². The second-order valence-corrected chi connectivity index (χ2v) is 5.73. The molecule has 0 aliphatic heterocycles. The van der Waals surface area contributed by atoms with Gasteiger partial charge in [-0.05, 0) is 29.4 Å². The van der Waals surface area contributed by atoms with Gasteiger partial charge < -0.3 is 0 Å². The van der Waals surface area contributed by atoms with Crippen molar-refractivity contribution >= 4 is 23.2 Å². The molecule has 1 unspecified atom stereocenters. The van der Waals surface area contributed by atoms with Crippen molar-refractivity contribution in [3.8, 4) is 0 Å². The third-order valence-electron chi connectivity index (χ3n) is 2.84. The highest BCUT2D eigenvalue weighted by Gasteiger charge is 2.24. The molecule has 0 nitrogen and oxygen atoms in total. The molecule has 1 atom stereocenters. The average Bonchev–Trinajstić information content (AvgIpc) is 2.14. The molecule has 1 rings (SSSR count). The van der Waals surface area contributed by atoms with Gasteiger partial charge in [-0.3, -0.25) is 0 Å². The summed E-state index contributed by atoms with van der Waals surface area (Å²) < 4.78 is 0. The predicted octanol–water partition coefficient (Wildman–Crippen LogP) is 4.78. The first-order valence-corrected chi connectivity index (χ1v) is 6.15. The van der Waals surface area contributed by atoms with Crippen LogP contribution in [0, 0.1) is 11.3 Å². The Morgan fingerprint density at radius 2 is 1.80 bits per heavy atom. The van der Waals surface area contributed by atoms with Gasteiger partial charge in [-0.25, -0.2) is 0 Å². The number of rotatable bonds is 3. The Kier molecular flexibility index (Phi) is 4.48. The molecule has 0 fully saturated rings. The lowest BCUT2D eigenvalue weighted by atomic mass is 9.78. The average molecular weight is 245 g/mol. The van der Waals surface area contributed by atoms with Crippen molar-refractivity contribution in [1.82, 2.24) is 0 Å². The first kappa shape index (κ1) is 12.9. The molecule has 1 aromatic carbocycles. The van der Waals surface area contributed by atoms with Crippen molar-refractivity contribution in [2.24, 2.45) is 11.3 Å². The van der Waals surface area contributed by atoms with Gasteiger partial charge in [0.25, 0.3) is 0 Å². The van der Waals surface area contributed by atoms with Crippen LogP contribution in [0.25, 0.3) is 0 Å². The van der Waals surface area contributed by atoms with Crippen LogP contribution in [0.3, 0.4) is 0 Å². The molecular formula is C13H18Cl2. The van der Waals surface area contributed by atoms with Crippen molar-refractivity contribution in [3.05, 3.63) is 34.9 Å². The lowest BCUT2D eigenvalue weighted by Crippen LogP contribution is -2.24. The summed E-state index contributed by atoms with van der Waals surface area (Å²) in [6, 6.07) is 7.99. The van der Waals surface area contributed by atoms with Crippen molar-refractivity contribution < 1.29 is 0 Å². The molecule has 0 spiro atoms. The fourth-order valence-corrected chi connectivity index (χ4v) is 2.31. The highest BCUT2D eigenvalue weighted by molar-refractivity contribution is 6.31. The van der Waals surface area contributed by atoms with Gasteiger partial charge in [-0.2, -0.15) is 0 Å². The molecule has 0 aromatic heterocycles. The van der Waals surface area contributed by atoms with E-state index in [0.29, 0.717) is 11.8 Å². The standard InChI is InChI=1S/C13H18Cl2/c1-13(2,3)11(9-14)8-10-6-4-5-7-12(10)15/h4-7,11H,8-9H2,1-3H3. The SMILES string of the molecule is CC(C)(C)C(CCl)Cc1ccccc1Cl. The maximum Gasteiger partial charge on any atom is 0.0438 e. The molecule has 0 saturated heterocycles. The van der Waals surface area contributed by atoms with Crippen LogP contribution in [-0.4, -0.2) is 5.88 Å². The summed E-state index contributed by atoms with van der Waals surface area (Å²) in [7, 11) is 0. The number of hydrogen-bond acceptors (Lipinski definition) is 0. The minimum atomic E-state index is 0.223. The second-order valence-electron chi connectivity index (χ2n) is 5.01. The summed E-state index contributed by atoms with van der Waals surface area (Å²) in [6.45, 7) is 6.66. The van der Waals surface area contributed by atoms with Gasteiger partial charge in [0.15, 0.2) is 0 Å². The maximum absolute atomic E-state index is 6.13. The van der Waals surface area contributed by atoms with E-state index in [9.17, 15) is 0 Å². The molecule has 0 aliphatic carbocycles. The summed E-state index contributed by atoms with van der Waals surface area (Å²) in [5.41, 5.74) is 1.42. The van der Waals surface area contributed by atoms with E-state index >= 15 is 0 Å². The number of alkyl halides is 1. The summed E-state index contributed by atoms with van der Waals surface area (Å²) in [6.07, 6.45) is 0.951. The Hall–Kier alpha value is -0.200. The van der Waals surface area contributed by atoms with Gasteiger partial charge in [-0.15, -0.1) is 11.6 Å². The Labute approximate surface area is 103 Å². The molecule has 0 bridgehead atoms. The molecule has 84 valence electrons. The van der Waals surface area contributed by atoms with Crippen LogP contribution in [-0.2, 0) is 6.42 Å². The van der Waals surface area contributed by atoms with E-state index in [1.165, 1.54) is 5.56 Å². The summed E-state index contributed by atoms with van der Waals surface area (Å²) in [4.78, 5) is 0. The minimum absolute atomic E-state index is 0.223. The zero-order chi connectivity index (χ0) is 11.5. The van der Waals surface area contributed by atoms with Gasteiger partial charge in [0.1, 0.15) is 0 Å². The number of hydrogen-bond donors (Lipinski definition) is 0. The van der Waals surface area contributed by atoms with Gasteiger partial charge >= 0.3 is 0 Å². The zero-order valence-corrected chi connectivity index (χ0v) is 11.1. The smallest absolute Gasteiger partial charge is 0.0438 e. The van der Waals surface area contributed by atoms with Crippen molar-refractivity contribution in [2.75, 3.05) is 5.88 Å². The van der Waals surface area contributed by atoms with Gasteiger partial charge in [0.2, 0.25) is 0 Å². The van der Waals surface area contributed by atoms with Crippen molar-refractivity contribution in [3.63, 3.8) is 0 Å². The number of benzene rings is 1. The molecule has 0 radical (unpaired) electrons. The molecule has 1 aromatic rings. The normalized spacial score (nSPS) is 13.9. The monoisotopic (exact) mass is 244 g/mol. The fourth-order valence-electron chi connectivity index (χ4n) is 1.52. The summed E-state index contributed by atoms with van der Waals surface area (Å²) >= 11 is 12.1. The minimum Gasteiger partial charge on any atom is -0.126 e. The van der Waals surface area contributed by atoms with E-state index in [2.05, 4.69) is 26.8 Å². The lowest BCUT2D eigenvalue weighted by molar-refractivity contribution is 0.264. The van der Waals surface area contributed by atoms with E-state index in [1.54, 1.807) is 0 Å². The molecular weight excluding hydrogens is 227 g/mol. The Morgan fingerprint density at radius 3 is 2.27 bits per heavy atom. The molecule has 0 amide bonds. The molecule has 2 heteroatoms. The van der Waals surface area contributed by atoms with E-state index in [-0.39, 0.29) is 5.41 Å². The Bertz CT molecular complexity index is 313.